The number of thiophene rings is 1. The van der Waals surface area contributed by atoms with Gasteiger partial charge in [0.2, 0.25) is 5.79 Å². The van der Waals surface area contributed by atoms with Crippen LogP contribution in [0, 0.1) is 5.92 Å². The molecule has 0 radical (unpaired) electrons. The van der Waals surface area contributed by atoms with Crippen molar-refractivity contribution in [3.63, 3.8) is 0 Å². The summed E-state index contributed by atoms with van der Waals surface area (Å²) in [5.41, 5.74) is 0.798. The predicted molar refractivity (Wildman–Crippen MR) is 74.7 cm³/mol. The Morgan fingerprint density at radius 3 is 2.63 bits per heavy atom. The van der Waals surface area contributed by atoms with Crippen LogP contribution in [0.2, 0.25) is 0 Å². The summed E-state index contributed by atoms with van der Waals surface area (Å²) in [6.07, 6.45) is 3.89. The highest BCUT2D eigenvalue weighted by molar-refractivity contribution is 7.10. The average molecular weight is 270 g/mol. The van der Waals surface area contributed by atoms with E-state index in [9.17, 15) is 0 Å². The van der Waals surface area contributed by atoms with Crippen LogP contribution in [0.1, 0.15) is 17.4 Å². The molecule has 19 heavy (non-hydrogen) atoms. The van der Waals surface area contributed by atoms with Gasteiger partial charge in [-0.15, -0.1) is 11.3 Å². The number of benzene rings is 1. The third-order valence-corrected chi connectivity index (χ3v) is 5.02. The fourth-order valence-electron chi connectivity index (χ4n) is 3.18. The van der Waals surface area contributed by atoms with E-state index in [1.165, 1.54) is 10.4 Å². The second kappa shape index (κ2) is 3.71. The van der Waals surface area contributed by atoms with Gasteiger partial charge in [-0.2, -0.15) is 0 Å². The standard InChI is InChI=1S/C16H14O2S/c1-15-13(9-10-17-15)16(18-15,14-8-5-11-19-14)12-6-3-2-4-7-12/h2-11,13H,1H3/t13-,15-,16?/m1/s1. The van der Waals surface area contributed by atoms with Crippen LogP contribution in [0.15, 0.2) is 60.2 Å². The highest BCUT2D eigenvalue weighted by Crippen LogP contribution is 2.61. The average Bonchev–Trinajstić information content (AvgIpc) is 3.05. The number of hydrogen-bond donors (Lipinski definition) is 0. The van der Waals surface area contributed by atoms with E-state index in [1.54, 1.807) is 17.6 Å². The first-order chi connectivity index (χ1) is 9.26. The third-order valence-electron chi connectivity index (χ3n) is 4.03. The third kappa shape index (κ3) is 1.34. The van der Waals surface area contributed by atoms with Crippen molar-refractivity contribution >= 4 is 11.3 Å². The van der Waals surface area contributed by atoms with E-state index >= 15 is 0 Å². The lowest BCUT2D eigenvalue weighted by Gasteiger charge is -2.56. The van der Waals surface area contributed by atoms with Gasteiger partial charge in [-0.25, -0.2) is 0 Å². The molecule has 0 spiro atoms. The zero-order valence-electron chi connectivity index (χ0n) is 10.6. The van der Waals surface area contributed by atoms with Crippen LogP contribution >= 0.6 is 11.3 Å². The number of hydrogen-bond acceptors (Lipinski definition) is 3. The molecule has 3 atom stereocenters. The molecule has 1 aromatic heterocycles. The van der Waals surface area contributed by atoms with Gasteiger partial charge in [-0.1, -0.05) is 36.4 Å². The van der Waals surface area contributed by atoms with Gasteiger partial charge in [0.15, 0.2) is 0 Å². The molecular weight excluding hydrogens is 256 g/mol. The molecule has 0 saturated carbocycles. The quantitative estimate of drug-likeness (QED) is 0.824. The summed E-state index contributed by atoms with van der Waals surface area (Å²) in [6.45, 7) is 2.01. The van der Waals surface area contributed by atoms with E-state index in [4.69, 9.17) is 9.47 Å². The lowest BCUT2D eigenvalue weighted by Crippen LogP contribution is -2.63. The van der Waals surface area contributed by atoms with Gasteiger partial charge in [0.25, 0.3) is 0 Å². The molecule has 1 fully saturated rings. The van der Waals surface area contributed by atoms with Crippen LogP contribution in [0.25, 0.3) is 0 Å². The highest BCUT2D eigenvalue weighted by Gasteiger charge is 2.67. The van der Waals surface area contributed by atoms with E-state index in [-0.39, 0.29) is 5.92 Å². The second-order valence-electron chi connectivity index (χ2n) is 5.12. The maximum absolute atomic E-state index is 6.29. The van der Waals surface area contributed by atoms with E-state index in [2.05, 4.69) is 47.9 Å². The van der Waals surface area contributed by atoms with Gasteiger partial charge in [-0.05, 0) is 23.1 Å². The molecule has 0 amide bonds. The van der Waals surface area contributed by atoms with Crippen LogP contribution in [0.3, 0.4) is 0 Å². The molecule has 3 heterocycles. The van der Waals surface area contributed by atoms with Crippen molar-refractivity contribution in [2.45, 2.75) is 18.3 Å². The highest BCUT2D eigenvalue weighted by atomic mass is 32.1. The Morgan fingerprint density at radius 2 is 1.95 bits per heavy atom. The van der Waals surface area contributed by atoms with Gasteiger partial charge in [0.05, 0.1) is 12.2 Å². The molecule has 0 bridgehead atoms. The van der Waals surface area contributed by atoms with Crippen LogP contribution < -0.4 is 0 Å². The summed E-state index contributed by atoms with van der Waals surface area (Å²) < 4.78 is 11.9. The van der Waals surface area contributed by atoms with Crippen molar-refractivity contribution in [3.8, 4) is 0 Å². The van der Waals surface area contributed by atoms with Crippen molar-refractivity contribution in [2.24, 2.45) is 5.92 Å². The molecule has 2 aromatic rings. The molecule has 2 nitrogen and oxygen atoms in total. The molecule has 3 heteroatoms. The molecule has 1 unspecified atom stereocenters. The summed E-state index contributed by atoms with van der Waals surface area (Å²) in [6, 6.07) is 14.6. The fraction of sp³-hybridized carbons (Fsp3) is 0.250. The lowest BCUT2D eigenvalue weighted by atomic mass is 9.70. The van der Waals surface area contributed by atoms with E-state index in [0.717, 1.165) is 0 Å². The second-order valence-corrected chi connectivity index (χ2v) is 6.07. The molecule has 2 aliphatic heterocycles. The Balaban J connectivity index is 1.89. The van der Waals surface area contributed by atoms with Crippen molar-refractivity contribution in [3.05, 3.63) is 70.6 Å². The molecule has 0 N–H and O–H groups in total. The van der Waals surface area contributed by atoms with Gasteiger partial charge in [-0.3, -0.25) is 0 Å². The zero-order valence-corrected chi connectivity index (χ0v) is 11.4. The largest absolute Gasteiger partial charge is 0.470 e. The molecule has 4 rings (SSSR count). The molecule has 2 aliphatic rings. The van der Waals surface area contributed by atoms with Crippen LogP contribution in [-0.2, 0) is 15.1 Å². The van der Waals surface area contributed by atoms with Crippen LogP contribution in [0.4, 0.5) is 0 Å². The summed E-state index contributed by atoms with van der Waals surface area (Å²) in [7, 11) is 0. The van der Waals surface area contributed by atoms with Gasteiger partial charge in [0, 0.05) is 11.8 Å². The Labute approximate surface area is 116 Å². The van der Waals surface area contributed by atoms with Crippen molar-refractivity contribution < 1.29 is 9.47 Å². The van der Waals surface area contributed by atoms with Gasteiger partial charge >= 0.3 is 0 Å². The monoisotopic (exact) mass is 270 g/mol. The maximum Gasteiger partial charge on any atom is 0.218 e. The van der Waals surface area contributed by atoms with Crippen molar-refractivity contribution in [2.75, 3.05) is 0 Å². The predicted octanol–water partition coefficient (Wildman–Crippen LogP) is 3.90. The summed E-state index contributed by atoms with van der Waals surface area (Å²) in [4.78, 5) is 1.23. The van der Waals surface area contributed by atoms with E-state index in [0.29, 0.717) is 0 Å². The Morgan fingerprint density at radius 1 is 1.11 bits per heavy atom. The summed E-state index contributed by atoms with van der Waals surface area (Å²) in [5, 5.41) is 2.10. The van der Waals surface area contributed by atoms with Crippen molar-refractivity contribution in [1.82, 2.24) is 0 Å². The fourth-order valence-corrected chi connectivity index (χ4v) is 4.10. The Bertz CT molecular complexity index is 619. The van der Waals surface area contributed by atoms with E-state index in [1.807, 2.05) is 13.0 Å². The Hall–Kier alpha value is -1.58. The van der Waals surface area contributed by atoms with Crippen molar-refractivity contribution in [1.29, 1.82) is 0 Å². The SMILES string of the molecule is C[C@]12OC=C[C@H]1C(c1ccccc1)(c1cccs1)O2. The molecule has 1 saturated heterocycles. The van der Waals surface area contributed by atoms with Crippen LogP contribution in [0.5, 0.6) is 0 Å². The van der Waals surface area contributed by atoms with E-state index < -0.39 is 11.4 Å². The lowest BCUT2D eigenvalue weighted by molar-refractivity contribution is -0.371. The minimum Gasteiger partial charge on any atom is -0.470 e. The summed E-state index contributed by atoms with van der Waals surface area (Å²) >= 11 is 1.73. The molecule has 0 aliphatic carbocycles. The van der Waals surface area contributed by atoms with Gasteiger partial charge in [0.1, 0.15) is 5.60 Å². The normalized spacial score (nSPS) is 35.5. The van der Waals surface area contributed by atoms with Gasteiger partial charge < -0.3 is 9.47 Å². The zero-order chi connectivity index (χ0) is 12.9. The molecular formula is C16H14O2S. The first kappa shape index (κ1) is 11.3. The number of ether oxygens (including phenoxy) is 2. The topological polar surface area (TPSA) is 18.5 Å². The minimum atomic E-state index is -0.514. The maximum atomic E-state index is 6.29. The minimum absolute atomic E-state index is 0.223. The smallest absolute Gasteiger partial charge is 0.218 e. The first-order valence-corrected chi connectivity index (χ1v) is 7.28. The molecule has 1 aromatic carbocycles. The first-order valence-electron chi connectivity index (χ1n) is 6.40. The van der Waals surface area contributed by atoms with Crippen LogP contribution in [-0.4, -0.2) is 5.79 Å². The number of fused-ring (bicyclic) bond motifs is 1. The summed E-state index contributed by atoms with van der Waals surface area (Å²) in [5.74, 6) is -0.291. The molecule has 96 valence electrons. The number of rotatable bonds is 2. The Kier molecular flexibility index (Phi) is 2.20.